The van der Waals surface area contributed by atoms with Gasteiger partial charge in [0.15, 0.2) is 0 Å². The van der Waals surface area contributed by atoms with Crippen molar-refractivity contribution in [3.05, 3.63) is 36.1 Å². The maximum Gasteiger partial charge on any atom is 0.255 e. The van der Waals surface area contributed by atoms with Crippen LogP contribution in [0.3, 0.4) is 0 Å². The highest BCUT2D eigenvalue weighted by Crippen LogP contribution is 2.21. The number of para-hydroxylation sites is 1. The van der Waals surface area contributed by atoms with Gasteiger partial charge < -0.3 is 14.6 Å². The van der Waals surface area contributed by atoms with Gasteiger partial charge in [-0.2, -0.15) is 5.26 Å². The Morgan fingerprint density at radius 1 is 1.26 bits per heavy atom. The van der Waals surface area contributed by atoms with Gasteiger partial charge >= 0.3 is 0 Å². The Hall–Kier alpha value is -2.85. The van der Waals surface area contributed by atoms with Gasteiger partial charge in [-0.1, -0.05) is 18.2 Å². The molecule has 2 aliphatic heterocycles. The fourth-order valence-electron chi connectivity index (χ4n) is 3.99. The summed E-state index contributed by atoms with van der Waals surface area (Å²) in [5.41, 5.74) is 1.23. The largest absolute Gasteiger partial charge is 0.463 e. The summed E-state index contributed by atoms with van der Waals surface area (Å²) in [6, 6.07) is 9.38. The van der Waals surface area contributed by atoms with Gasteiger partial charge in [0.1, 0.15) is 17.9 Å². The second-order valence-corrected chi connectivity index (χ2v) is 7.21. The van der Waals surface area contributed by atoms with E-state index in [4.69, 9.17) is 9.68 Å². The Bertz CT molecular complexity index is 900. The van der Waals surface area contributed by atoms with E-state index in [0.717, 1.165) is 31.2 Å². The van der Waals surface area contributed by atoms with Crippen molar-refractivity contribution in [1.29, 1.82) is 5.26 Å². The van der Waals surface area contributed by atoms with E-state index in [1.54, 1.807) is 4.90 Å². The van der Waals surface area contributed by atoms with Crippen molar-refractivity contribution in [3.63, 3.8) is 0 Å². The van der Waals surface area contributed by atoms with E-state index in [0.29, 0.717) is 30.8 Å². The Balaban J connectivity index is 1.33. The first-order valence-corrected chi connectivity index (χ1v) is 9.34. The van der Waals surface area contributed by atoms with Crippen molar-refractivity contribution in [2.45, 2.75) is 31.3 Å². The molecule has 3 heterocycles. The van der Waals surface area contributed by atoms with E-state index in [1.807, 2.05) is 29.2 Å². The summed E-state index contributed by atoms with van der Waals surface area (Å²) >= 11 is 0. The minimum absolute atomic E-state index is 0.00399. The number of carbonyl (C=O) groups is 2. The number of amides is 2. The third-order valence-electron chi connectivity index (χ3n) is 5.41. The zero-order valence-electron chi connectivity index (χ0n) is 15.1. The minimum atomic E-state index is -0.287. The summed E-state index contributed by atoms with van der Waals surface area (Å²) in [5.74, 6) is -0.144. The van der Waals surface area contributed by atoms with Crippen LogP contribution in [0.2, 0.25) is 0 Å². The lowest BCUT2D eigenvalue weighted by Crippen LogP contribution is -2.43. The van der Waals surface area contributed by atoms with E-state index >= 15 is 0 Å². The fraction of sp³-hybridized carbons (Fsp3) is 0.450. The number of benzene rings is 1. The van der Waals surface area contributed by atoms with E-state index < -0.39 is 0 Å². The van der Waals surface area contributed by atoms with Crippen molar-refractivity contribution >= 4 is 22.8 Å². The second kappa shape index (κ2) is 7.41. The number of nitrogens with one attached hydrogen (secondary N) is 1. The molecule has 140 valence electrons. The Morgan fingerprint density at radius 2 is 2.11 bits per heavy atom. The van der Waals surface area contributed by atoms with Crippen LogP contribution in [0, 0.1) is 11.3 Å². The number of fused-ring (bicyclic) bond motifs is 1. The molecule has 0 radical (unpaired) electrons. The summed E-state index contributed by atoms with van der Waals surface area (Å²) in [5, 5.41) is 13.0. The SMILES string of the molecule is N#C[C@@H]1CCCN1C(=O)CN1CC[C@H](NC(=O)c2coc3ccccc23)C1. The molecule has 27 heavy (non-hydrogen) atoms. The van der Waals surface area contributed by atoms with E-state index in [-0.39, 0.29) is 23.9 Å². The molecule has 0 spiro atoms. The first kappa shape index (κ1) is 17.6. The monoisotopic (exact) mass is 366 g/mol. The van der Waals surface area contributed by atoms with Crippen molar-refractivity contribution in [1.82, 2.24) is 15.1 Å². The lowest BCUT2D eigenvalue weighted by Gasteiger charge is -2.23. The number of carbonyl (C=O) groups excluding carboxylic acids is 2. The van der Waals surface area contributed by atoms with Crippen molar-refractivity contribution in [2.24, 2.45) is 0 Å². The predicted octanol–water partition coefficient (Wildman–Crippen LogP) is 1.75. The van der Waals surface area contributed by atoms with E-state index in [9.17, 15) is 9.59 Å². The van der Waals surface area contributed by atoms with Crippen LogP contribution >= 0.6 is 0 Å². The predicted molar refractivity (Wildman–Crippen MR) is 98.9 cm³/mol. The summed E-state index contributed by atoms with van der Waals surface area (Å²) in [7, 11) is 0. The van der Waals surface area contributed by atoms with Crippen LogP contribution in [0.4, 0.5) is 0 Å². The van der Waals surface area contributed by atoms with Gasteiger partial charge in [0, 0.05) is 31.1 Å². The molecule has 2 aliphatic rings. The van der Waals surface area contributed by atoms with Gasteiger partial charge in [0.25, 0.3) is 5.91 Å². The van der Waals surface area contributed by atoms with Gasteiger partial charge in [-0.15, -0.1) is 0 Å². The summed E-state index contributed by atoms with van der Waals surface area (Å²) < 4.78 is 5.44. The highest BCUT2D eigenvalue weighted by Gasteiger charge is 2.32. The fourth-order valence-corrected chi connectivity index (χ4v) is 3.99. The number of nitrogens with zero attached hydrogens (tertiary/aromatic N) is 3. The molecule has 2 saturated heterocycles. The lowest BCUT2D eigenvalue weighted by atomic mass is 10.1. The number of rotatable bonds is 4. The normalized spacial score (nSPS) is 22.9. The number of hydrogen-bond donors (Lipinski definition) is 1. The zero-order valence-corrected chi connectivity index (χ0v) is 15.1. The molecular weight excluding hydrogens is 344 g/mol. The molecule has 1 aromatic heterocycles. The molecule has 0 aliphatic carbocycles. The molecule has 0 saturated carbocycles. The molecule has 4 rings (SSSR count). The molecule has 2 aromatic rings. The maximum absolute atomic E-state index is 12.6. The number of likely N-dealkylation sites (tertiary alicyclic amines) is 2. The molecule has 2 atom stereocenters. The zero-order chi connectivity index (χ0) is 18.8. The van der Waals surface area contributed by atoms with Gasteiger partial charge in [-0.3, -0.25) is 14.5 Å². The molecule has 0 unspecified atom stereocenters. The molecule has 7 nitrogen and oxygen atoms in total. The molecule has 1 N–H and O–H groups in total. The van der Waals surface area contributed by atoms with Gasteiger partial charge in [-0.25, -0.2) is 0 Å². The molecular formula is C20H22N4O3. The van der Waals surface area contributed by atoms with Gasteiger partial charge in [-0.05, 0) is 25.3 Å². The molecule has 1 aromatic carbocycles. The van der Waals surface area contributed by atoms with Crippen molar-refractivity contribution in [2.75, 3.05) is 26.2 Å². The van der Waals surface area contributed by atoms with Crippen LogP contribution in [-0.4, -0.2) is 59.9 Å². The molecule has 0 bridgehead atoms. The van der Waals surface area contributed by atoms with Crippen LogP contribution in [-0.2, 0) is 4.79 Å². The number of furan rings is 1. The van der Waals surface area contributed by atoms with Crippen LogP contribution in [0.15, 0.2) is 34.9 Å². The first-order chi connectivity index (χ1) is 13.2. The summed E-state index contributed by atoms with van der Waals surface area (Å²) in [6.45, 7) is 2.37. The van der Waals surface area contributed by atoms with Gasteiger partial charge in [0.2, 0.25) is 5.91 Å². The third kappa shape index (κ3) is 3.53. The van der Waals surface area contributed by atoms with Crippen LogP contribution in [0.25, 0.3) is 11.0 Å². The maximum atomic E-state index is 12.6. The van der Waals surface area contributed by atoms with E-state index in [2.05, 4.69) is 11.4 Å². The lowest BCUT2D eigenvalue weighted by molar-refractivity contribution is -0.132. The first-order valence-electron chi connectivity index (χ1n) is 9.34. The number of hydrogen-bond acceptors (Lipinski definition) is 5. The quantitative estimate of drug-likeness (QED) is 0.890. The molecule has 7 heteroatoms. The van der Waals surface area contributed by atoms with Crippen LogP contribution < -0.4 is 5.32 Å². The minimum Gasteiger partial charge on any atom is -0.463 e. The summed E-state index contributed by atoms with van der Waals surface area (Å²) in [4.78, 5) is 28.8. The van der Waals surface area contributed by atoms with E-state index in [1.165, 1.54) is 6.26 Å². The topological polar surface area (TPSA) is 89.6 Å². The number of nitriles is 1. The molecule has 2 fully saturated rings. The Morgan fingerprint density at radius 3 is 2.96 bits per heavy atom. The smallest absolute Gasteiger partial charge is 0.255 e. The average Bonchev–Trinajstić information content (AvgIpc) is 3.40. The average molecular weight is 366 g/mol. The van der Waals surface area contributed by atoms with Crippen LogP contribution in [0.5, 0.6) is 0 Å². The third-order valence-corrected chi connectivity index (χ3v) is 5.41. The summed E-state index contributed by atoms with van der Waals surface area (Å²) in [6.07, 6.45) is 3.95. The molecule has 2 amide bonds. The van der Waals surface area contributed by atoms with Crippen molar-refractivity contribution in [3.8, 4) is 6.07 Å². The standard InChI is InChI=1S/C20H22N4O3/c21-10-15-4-3-8-24(15)19(25)12-23-9-7-14(11-23)22-20(26)17-13-27-18-6-2-1-5-16(17)18/h1-2,5-6,13-15H,3-4,7-9,11-12H2,(H,22,26)/t14-,15-/m0/s1. The van der Waals surface area contributed by atoms with Crippen LogP contribution in [0.1, 0.15) is 29.6 Å². The Kier molecular flexibility index (Phi) is 4.82. The van der Waals surface area contributed by atoms with Crippen molar-refractivity contribution < 1.29 is 14.0 Å². The second-order valence-electron chi connectivity index (χ2n) is 7.21. The highest BCUT2D eigenvalue weighted by atomic mass is 16.3. The Labute approximate surface area is 157 Å². The van der Waals surface area contributed by atoms with Gasteiger partial charge in [0.05, 0.1) is 18.2 Å². The highest BCUT2D eigenvalue weighted by molar-refractivity contribution is 6.06.